The van der Waals surface area contributed by atoms with Crippen LogP contribution in [0.2, 0.25) is 0 Å². The summed E-state index contributed by atoms with van der Waals surface area (Å²) in [7, 11) is 1.89. The van der Waals surface area contributed by atoms with Gasteiger partial charge in [-0.25, -0.2) is 0 Å². The summed E-state index contributed by atoms with van der Waals surface area (Å²) in [5.74, 6) is 1.25. The summed E-state index contributed by atoms with van der Waals surface area (Å²) in [6.07, 6.45) is 8.02. The van der Waals surface area contributed by atoms with Gasteiger partial charge in [0.1, 0.15) is 5.82 Å². The average molecular weight is 247 g/mol. The summed E-state index contributed by atoms with van der Waals surface area (Å²) >= 11 is 0. The second-order valence-electron chi connectivity index (χ2n) is 3.97. The number of hydrogen-bond donors (Lipinski definition) is 1. The van der Waals surface area contributed by atoms with Gasteiger partial charge in [0.2, 0.25) is 5.88 Å². The molecule has 0 spiro atoms. The summed E-state index contributed by atoms with van der Waals surface area (Å²) in [4.78, 5) is 8.39. The molecule has 6 nitrogen and oxygen atoms in total. The van der Waals surface area contributed by atoms with E-state index in [9.17, 15) is 0 Å². The second-order valence-corrected chi connectivity index (χ2v) is 3.97. The van der Waals surface area contributed by atoms with Crippen LogP contribution in [-0.4, -0.2) is 26.4 Å². The maximum Gasteiger partial charge on any atom is 0.234 e. The quantitative estimate of drug-likeness (QED) is 0.840. The molecule has 96 valence electrons. The molecule has 0 aliphatic heterocycles. The highest BCUT2D eigenvalue weighted by Crippen LogP contribution is 2.10. The number of anilines is 1. The molecule has 2 rings (SSSR count). The first-order chi connectivity index (χ1) is 8.78. The van der Waals surface area contributed by atoms with Gasteiger partial charge >= 0.3 is 0 Å². The Morgan fingerprint density at radius 3 is 2.94 bits per heavy atom. The predicted molar refractivity (Wildman–Crippen MR) is 68.4 cm³/mol. The van der Waals surface area contributed by atoms with Gasteiger partial charge in [-0.1, -0.05) is 6.92 Å². The minimum atomic E-state index is 0.549. The highest BCUT2D eigenvalue weighted by atomic mass is 16.5. The van der Waals surface area contributed by atoms with Gasteiger partial charge in [0.05, 0.1) is 25.2 Å². The van der Waals surface area contributed by atoms with Crippen LogP contribution < -0.4 is 10.1 Å². The molecule has 18 heavy (non-hydrogen) atoms. The first-order valence-electron chi connectivity index (χ1n) is 5.94. The minimum absolute atomic E-state index is 0.549. The van der Waals surface area contributed by atoms with Gasteiger partial charge in [-0.3, -0.25) is 9.67 Å². The van der Waals surface area contributed by atoms with E-state index in [-0.39, 0.29) is 0 Å². The van der Waals surface area contributed by atoms with Gasteiger partial charge in [0, 0.05) is 25.4 Å². The van der Waals surface area contributed by atoms with Crippen molar-refractivity contribution in [2.45, 2.75) is 19.9 Å². The molecule has 0 aliphatic rings. The van der Waals surface area contributed by atoms with Crippen molar-refractivity contribution in [3.8, 4) is 5.88 Å². The number of hydrogen-bond acceptors (Lipinski definition) is 5. The van der Waals surface area contributed by atoms with E-state index < -0.39 is 0 Å². The van der Waals surface area contributed by atoms with E-state index >= 15 is 0 Å². The molecule has 2 aromatic heterocycles. The van der Waals surface area contributed by atoms with E-state index in [0.29, 0.717) is 24.8 Å². The predicted octanol–water partition coefficient (Wildman–Crippen LogP) is 1.61. The smallest absolute Gasteiger partial charge is 0.234 e. The Morgan fingerprint density at radius 2 is 2.22 bits per heavy atom. The molecule has 6 heteroatoms. The fourth-order valence-corrected chi connectivity index (χ4v) is 1.47. The number of aromatic nitrogens is 4. The summed E-state index contributed by atoms with van der Waals surface area (Å²) in [6.45, 7) is 3.37. The van der Waals surface area contributed by atoms with E-state index in [0.717, 1.165) is 12.0 Å². The van der Waals surface area contributed by atoms with Crippen molar-refractivity contribution in [1.29, 1.82) is 0 Å². The molecule has 0 radical (unpaired) electrons. The monoisotopic (exact) mass is 247 g/mol. The zero-order valence-electron chi connectivity index (χ0n) is 10.6. The van der Waals surface area contributed by atoms with Gasteiger partial charge in [-0.15, -0.1) is 0 Å². The van der Waals surface area contributed by atoms with Gasteiger partial charge in [0.25, 0.3) is 0 Å². The molecule has 0 fully saturated rings. The summed E-state index contributed by atoms with van der Waals surface area (Å²) in [5, 5.41) is 7.29. The van der Waals surface area contributed by atoms with Crippen LogP contribution in [0.5, 0.6) is 5.88 Å². The van der Waals surface area contributed by atoms with Crippen molar-refractivity contribution in [2.24, 2.45) is 7.05 Å². The van der Waals surface area contributed by atoms with Crippen LogP contribution in [0, 0.1) is 0 Å². The Labute approximate surface area is 106 Å². The highest BCUT2D eigenvalue weighted by Gasteiger charge is 2.00. The first kappa shape index (κ1) is 12.3. The summed E-state index contributed by atoms with van der Waals surface area (Å²) < 4.78 is 7.19. The van der Waals surface area contributed by atoms with Crippen LogP contribution in [0.25, 0.3) is 0 Å². The van der Waals surface area contributed by atoms with Crippen LogP contribution >= 0.6 is 0 Å². The van der Waals surface area contributed by atoms with Gasteiger partial charge < -0.3 is 10.1 Å². The summed E-state index contributed by atoms with van der Waals surface area (Å²) in [6, 6.07) is 0. The van der Waals surface area contributed by atoms with E-state index in [4.69, 9.17) is 4.74 Å². The Balaban J connectivity index is 1.92. The Morgan fingerprint density at radius 1 is 1.33 bits per heavy atom. The SMILES string of the molecule is CCCOc1cncc(NCc2cnn(C)c2)n1. The van der Waals surface area contributed by atoms with Crippen LogP contribution in [0.4, 0.5) is 5.82 Å². The van der Waals surface area contributed by atoms with Gasteiger partial charge in [-0.2, -0.15) is 10.1 Å². The van der Waals surface area contributed by atoms with Gasteiger partial charge in [-0.05, 0) is 6.42 Å². The minimum Gasteiger partial charge on any atom is -0.477 e. The lowest BCUT2D eigenvalue weighted by Gasteiger charge is -2.06. The zero-order chi connectivity index (χ0) is 12.8. The van der Waals surface area contributed by atoms with E-state index in [2.05, 4.69) is 27.3 Å². The number of rotatable bonds is 6. The van der Waals surface area contributed by atoms with E-state index in [1.807, 2.05) is 19.4 Å². The number of nitrogens with zero attached hydrogens (tertiary/aromatic N) is 4. The molecule has 0 unspecified atom stereocenters. The molecular weight excluding hydrogens is 230 g/mol. The topological polar surface area (TPSA) is 64.9 Å². The fraction of sp³-hybridized carbons (Fsp3) is 0.417. The molecule has 0 amide bonds. The average Bonchev–Trinajstić information content (AvgIpc) is 2.80. The maximum atomic E-state index is 5.42. The van der Waals surface area contributed by atoms with Crippen LogP contribution in [0.15, 0.2) is 24.8 Å². The largest absolute Gasteiger partial charge is 0.477 e. The van der Waals surface area contributed by atoms with Crippen molar-refractivity contribution in [3.05, 3.63) is 30.4 Å². The highest BCUT2D eigenvalue weighted by molar-refractivity contribution is 5.34. The third kappa shape index (κ3) is 3.44. The number of aryl methyl sites for hydroxylation is 1. The van der Waals surface area contributed by atoms with Crippen molar-refractivity contribution >= 4 is 5.82 Å². The van der Waals surface area contributed by atoms with Gasteiger partial charge in [0.15, 0.2) is 0 Å². The van der Waals surface area contributed by atoms with Crippen LogP contribution in [0.3, 0.4) is 0 Å². The molecule has 1 N–H and O–H groups in total. The standard InChI is InChI=1S/C12H17N5O/c1-3-4-18-12-8-13-7-11(16-12)14-5-10-6-15-17(2)9-10/h6-9H,3-5H2,1-2H3,(H,14,16). The molecule has 0 aromatic carbocycles. The molecule has 2 aromatic rings. The third-order valence-corrected chi connectivity index (χ3v) is 2.30. The summed E-state index contributed by atoms with van der Waals surface area (Å²) in [5.41, 5.74) is 1.10. The lowest BCUT2D eigenvalue weighted by molar-refractivity contribution is 0.304. The molecular formula is C12H17N5O. The Kier molecular flexibility index (Phi) is 4.11. The van der Waals surface area contributed by atoms with Crippen molar-refractivity contribution in [3.63, 3.8) is 0 Å². The number of nitrogens with one attached hydrogen (secondary N) is 1. The molecule has 0 bridgehead atoms. The third-order valence-electron chi connectivity index (χ3n) is 2.30. The Hall–Kier alpha value is -2.11. The lowest BCUT2D eigenvalue weighted by atomic mass is 10.3. The molecule has 0 atom stereocenters. The molecule has 0 saturated heterocycles. The van der Waals surface area contributed by atoms with E-state index in [1.54, 1.807) is 17.1 Å². The Bertz CT molecular complexity index is 497. The molecule has 2 heterocycles. The second kappa shape index (κ2) is 6.00. The lowest BCUT2D eigenvalue weighted by Crippen LogP contribution is -2.04. The number of ether oxygens (including phenoxy) is 1. The van der Waals surface area contributed by atoms with Crippen LogP contribution in [0.1, 0.15) is 18.9 Å². The van der Waals surface area contributed by atoms with E-state index in [1.165, 1.54) is 0 Å². The zero-order valence-corrected chi connectivity index (χ0v) is 10.6. The van der Waals surface area contributed by atoms with Crippen LogP contribution in [-0.2, 0) is 13.6 Å². The molecule has 0 saturated carbocycles. The first-order valence-corrected chi connectivity index (χ1v) is 5.94. The van der Waals surface area contributed by atoms with Crippen molar-refractivity contribution < 1.29 is 4.74 Å². The normalized spacial score (nSPS) is 10.3. The van der Waals surface area contributed by atoms with Crippen molar-refractivity contribution in [1.82, 2.24) is 19.7 Å². The fourth-order valence-electron chi connectivity index (χ4n) is 1.47. The maximum absolute atomic E-state index is 5.42. The molecule has 0 aliphatic carbocycles. The van der Waals surface area contributed by atoms with Crippen molar-refractivity contribution in [2.75, 3.05) is 11.9 Å².